The van der Waals surface area contributed by atoms with Gasteiger partial charge in [-0.3, -0.25) is 4.57 Å². The zero-order chi connectivity index (χ0) is 17.5. The summed E-state index contributed by atoms with van der Waals surface area (Å²) >= 11 is 0. The summed E-state index contributed by atoms with van der Waals surface area (Å²) < 4.78 is 18.4. The third-order valence-electron chi connectivity index (χ3n) is 3.42. The van der Waals surface area contributed by atoms with Gasteiger partial charge in [0.15, 0.2) is 0 Å². The monoisotopic (exact) mass is 325 g/mol. The maximum Gasteiger partial charge on any atom is 0.359 e. The summed E-state index contributed by atoms with van der Waals surface area (Å²) in [4.78, 5) is 10.6. The molecule has 0 aliphatic heterocycles. The lowest BCUT2D eigenvalue weighted by Gasteiger charge is -2.32. The maximum absolute atomic E-state index is 13.0. The molecule has 0 heterocycles. The first-order chi connectivity index (χ1) is 9.66. The molecule has 0 saturated carbocycles. The van der Waals surface area contributed by atoms with Crippen molar-refractivity contribution in [3.05, 3.63) is 35.7 Å². The molecule has 1 radical (unpaired) electrons. The molecule has 0 fully saturated rings. The van der Waals surface area contributed by atoms with Crippen LogP contribution in [-0.4, -0.2) is 11.0 Å². The smallest absolute Gasteiger partial charge is 0.321 e. The van der Waals surface area contributed by atoms with Crippen molar-refractivity contribution >= 4 is 12.9 Å². The molecule has 3 nitrogen and oxygen atoms in total. The van der Waals surface area contributed by atoms with E-state index in [1.54, 1.807) is 13.8 Å². The van der Waals surface area contributed by atoms with Gasteiger partial charge >= 0.3 is 7.60 Å². The minimum absolute atomic E-state index is 0.276. The molecule has 4 heteroatoms. The van der Waals surface area contributed by atoms with E-state index in [-0.39, 0.29) is 16.9 Å². The van der Waals surface area contributed by atoms with Gasteiger partial charge in [-0.05, 0) is 48.3 Å². The molecular weight excluding hydrogens is 295 g/mol. The second-order valence-electron chi connectivity index (χ2n) is 8.21. The fourth-order valence-corrected chi connectivity index (χ4v) is 4.57. The largest absolute Gasteiger partial charge is 0.359 e. The van der Waals surface area contributed by atoms with E-state index in [0.29, 0.717) is 5.30 Å². The zero-order valence-electron chi connectivity index (χ0n) is 15.2. The number of rotatable bonds is 3. The van der Waals surface area contributed by atoms with E-state index in [2.05, 4.69) is 6.92 Å². The summed E-state index contributed by atoms with van der Waals surface area (Å²) in [6.45, 7) is 19.8. The Morgan fingerprint density at radius 1 is 1.05 bits per heavy atom. The van der Waals surface area contributed by atoms with Crippen LogP contribution in [0.1, 0.15) is 72.1 Å². The van der Waals surface area contributed by atoms with Gasteiger partial charge in [0.05, 0.1) is 11.4 Å². The van der Waals surface area contributed by atoms with E-state index in [1.807, 2.05) is 53.7 Å². The van der Waals surface area contributed by atoms with Crippen LogP contribution >= 0.6 is 7.60 Å². The minimum atomic E-state index is -3.92. The third kappa shape index (κ3) is 4.44. The molecule has 22 heavy (non-hydrogen) atoms. The summed E-state index contributed by atoms with van der Waals surface area (Å²) in [6.07, 6.45) is -0.323. The highest BCUT2D eigenvalue weighted by atomic mass is 31.2. The average molecular weight is 325 g/mol. The first-order valence-corrected chi connectivity index (χ1v) is 9.26. The molecule has 0 amide bonds. The Labute approximate surface area is 135 Å². The Morgan fingerprint density at radius 3 is 1.68 bits per heavy atom. The molecule has 0 spiro atoms. The van der Waals surface area contributed by atoms with Crippen LogP contribution in [-0.2, 0) is 19.9 Å². The SMILES string of the molecule is [CH2]c1cc(C(C)(C)C)c(P(=O)(O)OC(C)C)c(C(C)(C)C)c1. The fourth-order valence-electron chi connectivity index (χ4n) is 2.48. The van der Waals surface area contributed by atoms with Crippen LogP contribution in [0.2, 0.25) is 0 Å². The highest BCUT2D eigenvalue weighted by molar-refractivity contribution is 7.61. The van der Waals surface area contributed by atoms with Gasteiger partial charge in [-0.2, -0.15) is 0 Å². The van der Waals surface area contributed by atoms with Crippen LogP contribution in [0.25, 0.3) is 0 Å². The van der Waals surface area contributed by atoms with E-state index < -0.39 is 7.60 Å². The highest BCUT2D eigenvalue weighted by Gasteiger charge is 2.37. The molecule has 1 atom stereocenters. The van der Waals surface area contributed by atoms with Crippen molar-refractivity contribution in [2.75, 3.05) is 0 Å². The Bertz CT molecular complexity index is 554. The lowest BCUT2D eigenvalue weighted by atomic mass is 9.79. The lowest BCUT2D eigenvalue weighted by molar-refractivity contribution is 0.211. The second-order valence-corrected chi connectivity index (χ2v) is 9.91. The lowest BCUT2D eigenvalue weighted by Crippen LogP contribution is -2.32. The molecule has 0 saturated heterocycles. The minimum Gasteiger partial charge on any atom is -0.321 e. The molecule has 1 rings (SSSR count). The van der Waals surface area contributed by atoms with Gasteiger partial charge in [0, 0.05) is 0 Å². The van der Waals surface area contributed by atoms with E-state index in [1.165, 1.54) is 0 Å². The summed E-state index contributed by atoms with van der Waals surface area (Å²) in [5, 5.41) is 0.439. The van der Waals surface area contributed by atoms with Gasteiger partial charge in [-0.15, -0.1) is 0 Å². The van der Waals surface area contributed by atoms with Crippen molar-refractivity contribution in [2.45, 2.75) is 72.3 Å². The quantitative estimate of drug-likeness (QED) is 0.819. The van der Waals surface area contributed by atoms with Gasteiger partial charge < -0.3 is 9.42 Å². The summed E-state index contributed by atoms with van der Waals surface area (Å²) in [5.74, 6) is 0. The van der Waals surface area contributed by atoms with Crippen molar-refractivity contribution in [2.24, 2.45) is 0 Å². The molecule has 0 aliphatic carbocycles. The van der Waals surface area contributed by atoms with Crippen molar-refractivity contribution in [1.29, 1.82) is 0 Å². The Morgan fingerprint density at radius 2 is 1.41 bits per heavy atom. The van der Waals surface area contributed by atoms with Crippen LogP contribution < -0.4 is 5.30 Å². The van der Waals surface area contributed by atoms with Crippen LogP contribution in [0.3, 0.4) is 0 Å². The number of benzene rings is 1. The van der Waals surface area contributed by atoms with E-state index in [0.717, 1.165) is 16.7 Å². The van der Waals surface area contributed by atoms with Crippen LogP contribution in [0.5, 0.6) is 0 Å². The Balaban J connectivity index is 3.82. The van der Waals surface area contributed by atoms with E-state index in [4.69, 9.17) is 4.52 Å². The van der Waals surface area contributed by atoms with Crippen molar-refractivity contribution < 1.29 is 14.0 Å². The number of hydrogen-bond acceptors (Lipinski definition) is 2. The van der Waals surface area contributed by atoms with Crippen molar-refractivity contribution in [1.82, 2.24) is 0 Å². The molecule has 125 valence electrons. The topological polar surface area (TPSA) is 46.5 Å². The molecule has 1 N–H and O–H groups in total. The fraction of sp³-hybridized carbons (Fsp3) is 0.611. The van der Waals surface area contributed by atoms with Gasteiger partial charge in [0.2, 0.25) is 0 Å². The van der Waals surface area contributed by atoms with Crippen molar-refractivity contribution in [3.8, 4) is 0 Å². The molecule has 0 aliphatic rings. The summed E-state index contributed by atoms with van der Waals surface area (Å²) in [6, 6.07) is 3.80. The van der Waals surface area contributed by atoms with E-state index >= 15 is 0 Å². The predicted molar refractivity (Wildman–Crippen MR) is 94.0 cm³/mol. The molecular formula is C18H30O3P. The van der Waals surface area contributed by atoms with Crippen LogP contribution in [0.4, 0.5) is 0 Å². The summed E-state index contributed by atoms with van der Waals surface area (Å²) in [5.41, 5.74) is 1.96. The van der Waals surface area contributed by atoms with Gasteiger partial charge in [-0.1, -0.05) is 53.7 Å². The Kier molecular flexibility index (Phi) is 5.39. The maximum atomic E-state index is 13.0. The summed E-state index contributed by atoms with van der Waals surface area (Å²) in [7, 11) is -3.92. The number of hydrogen-bond donors (Lipinski definition) is 1. The first-order valence-electron chi connectivity index (χ1n) is 7.69. The zero-order valence-corrected chi connectivity index (χ0v) is 16.0. The molecule has 1 aromatic carbocycles. The molecule has 0 aromatic heterocycles. The van der Waals surface area contributed by atoms with E-state index in [9.17, 15) is 9.46 Å². The van der Waals surface area contributed by atoms with Crippen molar-refractivity contribution in [3.63, 3.8) is 0 Å². The average Bonchev–Trinajstić information content (AvgIpc) is 2.23. The molecule has 1 unspecified atom stereocenters. The van der Waals surface area contributed by atoms with Gasteiger partial charge in [-0.25, -0.2) is 0 Å². The third-order valence-corrected chi connectivity index (χ3v) is 5.18. The van der Waals surface area contributed by atoms with Gasteiger partial charge in [0.25, 0.3) is 0 Å². The second kappa shape index (κ2) is 6.11. The first kappa shape index (κ1) is 19.4. The normalized spacial score (nSPS) is 16.0. The molecule has 1 aromatic rings. The van der Waals surface area contributed by atoms with Gasteiger partial charge in [0.1, 0.15) is 0 Å². The molecule has 0 bridgehead atoms. The van der Waals surface area contributed by atoms with Crippen LogP contribution in [0, 0.1) is 6.92 Å². The standard InChI is InChI=1S/C18H30O3P/c1-12(2)21-22(19,20)16-14(17(4,5)6)10-13(3)11-15(16)18(7,8)9/h10-12H,3H2,1-2,4-9H3,(H,19,20). The predicted octanol–water partition coefficient (Wildman–Crippen LogP) is 4.70. The Hall–Kier alpha value is -0.630. The highest BCUT2D eigenvalue weighted by Crippen LogP contribution is 2.48. The van der Waals surface area contributed by atoms with Crippen LogP contribution in [0.15, 0.2) is 12.1 Å².